The fourth-order valence-electron chi connectivity index (χ4n) is 4.65. The van der Waals surface area contributed by atoms with Crippen LogP contribution in [0, 0.1) is 11.8 Å². The van der Waals surface area contributed by atoms with E-state index in [0.717, 1.165) is 19.3 Å². The van der Waals surface area contributed by atoms with Crippen LogP contribution < -0.4 is 5.32 Å². The van der Waals surface area contributed by atoms with E-state index in [9.17, 15) is 13.2 Å². The summed E-state index contributed by atoms with van der Waals surface area (Å²) in [5.74, 6) is 0.681. The van der Waals surface area contributed by atoms with Gasteiger partial charge in [-0.3, -0.25) is 4.79 Å². The van der Waals surface area contributed by atoms with E-state index in [1.54, 1.807) is 28.6 Å². The number of sulfonamides is 1. The first-order valence-corrected chi connectivity index (χ1v) is 13.6. The van der Waals surface area contributed by atoms with Crippen molar-refractivity contribution < 1.29 is 13.2 Å². The van der Waals surface area contributed by atoms with Gasteiger partial charge in [0, 0.05) is 18.8 Å². The molecule has 0 unspecified atom stereocenters. The van der Waals surface area contributed by atoms with Crippen molar-refractivity contribution in [2.45, 2.75) is 62.0 Å². The number of hydrogen-bond acceptors (Lipinski definition) is 7. The highest BCUT2D eigenvalue weighted by Crippen LogP contribution is 2.31. The number of amides is 1. The van der Waals surface area contributed by atoms with Gasteiger partial charge >= 0.3 is 0 Å². The van der Waals surface area contributed by atoms with Crippen molar-refractivity contribution in [1.82, 2.24) is 24.5 Å². The van der Waals surface area contributed by atoms with Crippen molar-refractivity contribution in [1.29, 1.82) is 0 Å². The number of benzene rings is 1. The predicted molar refractivity (Wildman–Crippen MR) is 123 cm³/mol. The summed E-state index contributed by atoms with van der Waals surface area (Å²) in [5.41, 5.74) is 0.560. The fraction of sp³-hybridized carbons (Fsp3) is 0.619. The van der Waals surface area contributed by atoms with Crippen LogP contribution in [0.25, 0.3) is 0 Å². The van der Waals surface area contributed by atoms with Gasteiger partial charge in [-0.2, -0.15) is 4.31 Å². The molecule has 1 aliphatic carbocycles. The van der Waals surface area contributed by atoms with Gasteiger partial charge in [0.25, 0.3) is 0 Å². The minimum Gasteiger partial charge on any atom is -0.325 e. The molecule has 0 radical (unpaired) electrons. The molecule has 11 heteroatoms. The SMILES string of the molecule is C[C@H]1C[C@H](C)CN(S(=O)(=O)c2ccc(NC(=O)CSc3nnnn3C3CCCC3)cc2)C1. The van der Waals surface area contributed by atoms with Gasteiger partial charge in [0.05, 0.1) is 16.7 Å². The van der Waals surface area contributed by atoms with Crippen molar-refractivity contribution in [2.75, 3.05) is 24.2 Å². The molecule has 32 heavy (non-hydrogen) atoms. The highest BCUT2D eigenvalue weighted by molar-refractivity contribution is 7.99. The molecule has 1 N–H and O–H groups in total. The van der Waals surface area contributed by atoms with Gasteiger partial charge in [-0.05, 0) is 65.8 Å². The monoisotopic (exact) mass is 478 g/mol. The summed E-state index contributed by atoms with van der Waals surface area (Å²) in [6.45, 7) is 5.26. The molecule has 2 atom stereocenters. The van der Waals surface area contributed by atoms with E-state index in [0.29, 0.717) is 41.8 Å². The van der Waals surface area contributed by atoms with E-state index in [2.05, 4.69) is 34.7 Å². The number of nitrogens with one attached hydrogen (secondary N) is 1. The van der Waals surface area contributed by atoms with Crippen LogP contribution in [0.3, 0.4) is 0 Å². The third-order valence-electron chi connectivity index (χ3n) is 6.08. The second-order valence-electron chi connectivity index (χ2n) is 8.97. The van der Waals surface area contributed by atoms with Gasteiger partial charge < -0.3 is 5.32 Å². The molecule has 2 aromatic rings. The van der Waals surface area contributed by atoms with Gasteiger partial charge in [-0.15, -0.1) is 5.10 Å². The lowest BCUT2D eigenvalue weighted by molar-refractivity contribution is -0.113. The number of carbonyl (C=O) groups is 1. The Bertz CT molecular complexity index is 1020. The average Bonchev–Trinajstić information content (AvgIpc) is 3.43. The summed E-state index contributed by atoms with van der Waals surface area (Å²) in [7, 11) is -3.53. The molecule has 4 rings (SSSR count). The van der Waals surface area contributed by atoms with Crippen LogP contribution in [0.4, 0.5) is 5.69 Å². The third kappa shape index (κ3) is 5.32. The Morgan fingerprint density at radius 3 is 2.44 bits per heavy atom. The third-order valence-corrected chi connectivity index (χ3v) is 8.86. The van der Waals surface area contributed by atoms with Crippen molar-refractivity contribution >= 4 is 33.4 Å². The Hall–Kier alpha value is -1.98. The summed E-state index contributed by atoms with van der Waals surface area (Å²) >= 11 is 1.31. The first-order valence-electron chi connectivity index (χ1n) is 11.1. The first kappa shape index (κ1) is 23.2. The number of aromatic nitrogens is 4. The zero-order valence-corrected chi connectivity index (χ0v) is 20.1. The zero-order valence-electron chi connectivity index (χ0n) is 18.5. The number of carbonyl (C=O) groups excluding carboxylic acids is 1. The Labute approximate surface area is 193 Å². The molecule has 2 aliphatic rings. The molecule has 1 aliphatic heterocycles. The van der Waals surface area contributed by atoms with Gasteiger partial charge in [0.15, 0.2) is 0 Å². The molecule has 0 spiro atoms. The number of nitrogens with zero attached hydrogens (tertiary/aromatic N) is 5. The summed E-state index contributed by atoms with van der Waals surface area (Å²) in [4.78, 5) is 12.7. The first-order chi connectivity index (χ1) is 15.3. The van der Waals surface area contributed by atoms with Crippen molar-refractivity contribution in [3.8, 4) is 0 Å². The summed E-state index contributed by atoms with van der Waals surface area (Å²) in [6, 6.07) is 6.70. The maximum Gasteiger partial charge on any atom is 0.243 e. The van der Waals surface area contributed by atoms with Gasteiger partial charge in [0.1, 0.15) is 0 Å². The molecule has 9 nitrogen and oxygen atoms in total. The Morgan fingerprint density at radius 2 is 1.78 bits per heavy atom. The second kappa shape index (κ2) is 9.88. The molecule has 2 heterocycles. The van der Waals surface area contributed by atoms with Crippen LogP contribution in [-0.4, -0.2) is 57.7 Å². The second-order valence-corrected chi connectivity index (χ2v) is 11.9. The van der Waals surface area contributed by atoms with Crippen LogP contribution in [0.2, 0.25) is 0 Å². The number of anilines is 1. The predicted octanol–water partition coefficient (Wildman–Crippen LogP) is 3.19. The summed E-state index contributed by atoms with van der Waals surface area (Å²) in [5, 5.41) is 15.4. The maximum absolute atomic E-state index is 13.0. The lowest BCUT2D eigenvalue weighted by Gasteiger charge is -2.34. The Kier molecular flexibility index (Phi) is 7.16. The molecule has 0 bridgehead atoms. The summed E-state index contributed by atoms with van der Waals surface area (Å²) < 4.78 is 29.4. The van der Waals surface area contributed by atoms with E-state index < -0.39 is 10.0 Å². The number of tetrazole rings is 1. The van der Waals surface area contributed by atoms with Gasteiger partial charge in [0.2, 0.25) is 21.1 Å². The van der Waals surface area contributed by atoms with E-state index in [4.69, 9.17) is 0 Å². The molecule has 1 aromatic carbocycles. The van der Waals surface area contributed by atoms with Gasteiger partial charge in [-0.25, -0.2) is 13.1 Å². The van der Waals surface area contributed by atoms with Crippen molar-refractivity contribution in [3.63, 3.8) is 0 Å². The van der Waals surface area contributed by atoms with E-state index in [1.165, 1.54) is 24.6 Å². The Balaban J connectivity index is 1.34. The van der Waals surface area contributed by atoms with Crippen LogP contribution in [0.15, 0.2) is 34.3 Å². The summed E-state index contributed by atoms with van der Waals surface area (Å²) in [6.07, 6.45) is 5.53. The van der Waals surface area contributed by atoms with Gasteiger partial charge in [-0.1, -0.05) is 38.5 Å². The van der Waals surface area contributed by atoms with E-state index >= 15 is 0 Å². The number of thioether (sulfide) groups is 1. The molecule has 1 aromatic heterocycles. The molecule has 1 saturated carbocycles. The van der Waals surface area contributed by atoms with Crippen molar-refractivity contribution in [3.05, 3.63) is 24.3 Å². The molecule has 2 fully saturated rings. The topological polar surface area (TPSA) is 110 Å². The van der Waals surface area contributed by atoms with Crippen molar-refractivity contribution in [2.24, 2.45) is 11.8 Å². The normalized spacial score (nSPS) is 22.8. The number of rotatable bonds is 7. The largest absolute Gasteiger partial charge is 0.325 e. The molecular weight excluding hydrogens is 448 g/mol. The molecule has 1 saturated heterocycles. The van der Waals surface area contributed by atoms with Crippen LogP contribution in [0.5, 0.6) is 0 Å². The highest BCUT2D eigenvalue weighted by atomic mass is 32.2. The lowest BCUT2D eigenvalue weighted by atomic mass is 9.94. The van der Waals surface area contributed by atoms with Crippen LogP contribution >= 0.6 is 11.8 Å². The van der Waals surface area contributed by atoms with Crippen LogP contribution in [-0.2, 0) is 14.8 Å². The number of hydrogen-bond donors (Lipinski definition) is 1. The lowest BCUT2D eigenvalue weighted by Crippen LogP contribution is -2.42. The maximum atomic E-state index is 13.0. The standard InChI is InChI=1S/C21H30N6O3S2/c1-15-11-16(2)13-26(12-15)32(29,30)19-9-7-17(8-10-19)22-20(28)14-31-21-23-24-25-27(21)18-5-3-4-6-18/h7-10,15-16,18H,3-6,11-14H2,1-2H3,(H,22,28)/t15-,16-/m0/s1. The smallest absolute Gasteiger partial charge is 0.243 e. The minimum atomic E-state index is -3.53. The molecule has 1 amide bonds. The minimum absolute atomic E-state index is 0.177. The quantitative estimate of drug-likeness (QED) is 0.609. The Morgan fingerprint density at radius 1 is 1.12 bits per heavy atom. The molecule has 174 valence electrons. The average molecular weight is 479 g/mol. The number of piperidine rings is 1. The molecular formula is C21H30N6O3S2. The van der Waals surface area contributed by atoms with Crippen LogP contribution in [0.1, 0.15) is 52.0 Å². The fourth-order valence-corrected chi connectivity index (χ4v) is 7.07. The highest BCUT2D eigenvalue weighted by Gasteiger charge is 2.31. The van der Waals surface area contributed by atoms with E-state index in [1.807, 2.05) is 4.68 Å². The zero-order chi connectivity index (χ0) is 22.7. The van der Waals surface area contributed by atoms with E-state index in [-0.39, 0.29) is 16.6 Å².